The van der Waals surface area contributed by atoms with Crippen LogP contribution >= 0.6 is 0 Å². The molecule has 0 aliphatic heterocycles. The van der Waals surface area contributed by atoms with Crippen LogP contribution in [-0.4, -0.2) is 35.0 Å². The van der Waals surface area contributed by atoms with E-state index in [2.05, 4.69) is 15.0 Å². The molecular formula is C14H15F2N5O2. The molecule has 0 saturated heterocycles. The lowest BCUT2D eigenvalue weighted by molar-refractivity contribution is 0.0308. The lowest BCUT2D eigenvalue weighted by Crippen LogP contribution is -2.19. The van der Waals surface area contributed by atoms with E-state index in [0.717, 1.165) is 18.2 Å². The van der Waals surface area contributed by atoms with Crippen molar-refractivity contribution in [2.24, 2.45) is 0 Å². The van der Waals surface area contributed by atoms with E-state index in [0.29, 0.717) is 0 Å². The highest BCUT2D eigenvalue weighted by Gasteiger charge is 2.23. The Morgan fingerprint density at radius 2 is 1.83 bits per heavy atom. The summed E-state index contributed by atoms with van der Waals surface area (Å²) < 4.78 is 32.2. The minimum absolute atomic E-state index is 0.0568. The number of esters is 1. The van der Waals surface area contributed by atoms with Gasteiger partial charge in [0, 0.05) is 14.1 Å². The summed E-state index contributed by atoms with van der Waals surface area (Å²) in [4.78, 5) is 25.4. The Hall–Kier alpha value is -2.84. The minimum atomic E-state index is -1.15. The van der Waals surface area contributed by atoms with E-state index in [1.165, 1.54) is 6.92 Å². The summed E-state index contributed by atoms with van der Waals surface area (Å²) >= 11 is 0. The highest BCUT2D eigenvalue weighted by molar-refractivity contribution is 5.90. The molecule has 1 aromatic carbocycles. The van der Waals surface area contributed by atoms with Gasteiger partial charge in [-0.2, -0.15) is 15.0 Å². The second kappa shape index (κ2) is 6.51. The number of hydrogen-bond donors (Lipinski definition) is 1. The molecule has 0 spiro atoms. The molecule has 9 heteroatoms. The third-order valence-corrected chi connectivity index (χ3v) is 2.87. The lowest BCUT2D eigenvalue weighted by atomic mass is 10.2. The van der Waals surface area contributed by atoms with Crippen LogP contribution in [0.4, 0.5) is 20.7 Å². The standard InChI is InChI=1S/C14H15F2N5O2/c1-7(11-18-13(17)20-14(19-11)21(2)3)23-12(22)10-8(15)5-4-6-9(10)16/h4-7H,1-3H3,(H2,17,18,19,20)/t7-/m1/s1. The van der Waals surface area contributed by atoms with Crippen molar-refractivity contribution < 1.29 is 18.3 Å². The van der Waals surface area contributed by atoms with Gasteiger partial charge >= 0.3 is 5.97 Å². The maximum absolute atomic E-state index is 13.6. The van der Waals surface area contributed by atoms with Crippen molar-refractivity contribution in [3.63, 3.8) is 0 Å². The molecular weight excluding hydrogens is 308 g/mol. The van der Waals surface area contributed by atoms with Crippen molar-refractivity contribution in [2.45, 2.75) is 13.0 Å². The van der Waals surface area contributed by atoms with E-state index in [4.69, 9.17) is 10.5 Å². The highest BCUT2D eigenvalue weighted by atomic mass is 19.1. The molecule has 2 rings (SSSR count). The fourth-order valence-electron chi connectivity index (χ4n) is 1.74. The van der Waals surface area contributed by atoms with Crippen LogP contribution in [0.3, 0.4) is 0 Å². The van der Waals surface area contributed by atoms with E-state index in [1.807, 2.05) is 0 Å². The number of nitrogen functional groups attached to an aromatic ring is 1. The van der Waals surface area contributed by atoms with Crippen molar-refractivity contribution in [3.8, 4) is 0 Å². The molecule has 0 aliphatic rings. The Balaban J connectivity index is 2.25. The summed E-state index contributed by atoms with van der Waals surface area (Å²) in [6.45, 7) is 1.46. The van der Waals surface area contributed by atoms with Gasteiger partial charge in [0.25, 0.3) is 0 Å². The topological polar surface area (TPSA) is 94.2 Å². The number of aromatic nitrogens is 3. The number of anilines is 2. The van der Waals surface area contributed by atoms with E-state index >= 15 is 0 Å². The number of rotatable bonds is 4. The SMILES string of the molecule is C[C@@H](OC(=O)c1c(F)cccc1F)c1nc(N)nc(N(C)C)n1. The molecule has 2 aromatic rings. The maximum atomic E-state index is 13.6. The normalized spacial score (nSPS) is 11.9. The van der Waals surface area contributed by atoms with Gasteiger partial charge in [-0.05, 0) is 19.1 Å². The zero-order valence-corrected chi connectivity index (χ0v) is 12.7. The average molecular weight is 323 g/mol. The molecule has 2 N–H and O–H groups in total. The van der Waals surface area contributed by atoms with Crippen LogP contribution in [0.2, 0.25) is 0 Å². The molecule has 0 radical (unpaired) electrons. The lowest BCUT2D eigenvalue weighted by Gasteiger charge is -2.15. The van der Waals surface area contributed by atoms with Gasteiger partial charge in [0.15, 0.2) is 11.9 Å². The molecule has 1 atom stereocenters. The van der Waals surface area contributed by atoms with E-state index in [9.17, 15) is 13.6 Å². The van der Waals surface area contributed by atoms with Gasteiger partial charge in [-0.1, -0.05) is 6.07 Å². The quantitative estimate of drug-likeness (QED) is 0.856. The van der Waals surface area contributed by atoms with Crippen LogP contribution in [0.5, 0.6) is 0 Å². The van der Waals surface area contributed by atoms with Crippen LogP contribution in [-0.2, 0) is 4.74 Å². The minimum Gasteiger partial charge on any atom is -0.451 e. The molecule has 122 valence electrons. The number of nitrogens with zero attached hydrogens (tertiary/aromatic N) is 4. The number of carbonyl (C=O) groups is 1. The first-order valence-electron chi connectivity index (χ1n) is 6.63. The monoisotopic (exact) mass is 323 g/mol. The van der Waals surface area contributed by atoms with Gasteiger partial charge in [-0.3, -0.25) is 0 Å². The third kappa shape index (κ3) is 3.68. The highest BCUT2D eigenvalue weighted by Crippen LogP contribution is 2.20. The smallest absolute Gasteiger partial charge is 0.344 e. The third-order valence-electron chi connectivity index (χ3n) is 2.87. The van der Waals surface area contributed by atoms with Crippen LogP contribution < -0.4 is 10.6 Å². The molecule has 1 aromatic heterocycles. The molecule has 1 heterocycles. The van der Waals surface area contributed by atoms with E-state index < -0.39 is 29.3 Å². The number of halogens is 2. The van der Waals surface area contributed by atoms with Gasteiger partial charge in [0.1, 0.15) is 17.2 Å². The first-order chi connectivity index (χ1) is 10.8. The summed E-state index contributed by atoms with van der Waals surface area (Å²) in [5.41, 5.74) is 4.81. The fraction of sp³-hybridized carbons (Fsp3) is 0.286. The predicted molar refractivity (Wildman–Crippen MR) is 78.8 cm³/mol. The number of hydrogen-bond acceptors (Lipinski definition) is 7. The first-order valence-corrected chi connectivity index (χ1v) is 6.63. The zero-order chi connectivity index (χ0) is 17.1. The number of nitrogens with two attached hydrogens (primary N) is 1. The van der Waals surface area contributed by atoms with Gasteiger partial charge in [-0.25, -0.2) is 13.6 Å². The Morgan fingerprint density at radius 3 is 2.39 bits per heavy atom. The van der Waals surface area contributed by atoms with Crippen molar-refractivity contribution in [3.05, 3.63) is 41.2 Å². The van der Waals surface area contributed by atoms with Crippen LogP contribution in [0.1, 0.15) is 29.2 Å². The predicted octanol–water partition coefficient (Wildman–Crippen LogP) is 1.72. The number of carbonyl (C=O) groups excluding carboxylic acids is 1. The fourth-order valence-corrected chi connectivity index (χ4v) is 1.74. The molecule has 0 aliphatic carbocycles. The summed E-state index contributed by atoms with van der Waals surface area (Å²) in [5, 5.41) is 0. The Kier molecular flexibility index (Phi) is 4.68. The molecule has 23 heavy (non-hydrogen) atoms. The van der Waals surface area contributed by atoms with Gasteiger partial charge in [-0.15, -0.1) is 0 Å². The van der Waals surface area contributed by atoms with Gasteiger partial charge < -0.3 is 15.4 Å². The molecule has 0 bridgehead atoms. The number of ether oxygens (including phenoxy) is 1. The molecule has 0 amide bonds. The van der Waals surface area contributed by atoms with Gasteiger partial charge in [0.2, 0.25) is 11.9 Å². The molecule has 0 saturated carbocycles. The van der Waals surface area contributed by atoms with Crippen LogP contribution in [0.15, 0.2) is 18.2 Å². The van der Waals surface area contributed by atoms with Crippen molar-refractivity contribution in [1.29, 1.82) is 0 Å². The Labute approximate surface area is 131 Å². The molecule has 0 fully saturated rings. The van der Waals surface area contributed by atoms with Crippen molar-refractivity contribution in [2.75, 3.05) is 24.7 Å². The van der Waals surface area contributed by atoms with Gasteiger partial charge in [0.05, 0.1) is 0 Å². The van der Waals surface area contributed by atoms with E-state index in [-0.39, 0.29) is 17.7 Å². The average Bonchev–Trinajstić information content (AvgIpc) is 2.46. The van der Waals surface area contributed by atoms with Crippen molar-refractivity contribution in [1.82, 2.24) is 15.0 Å². The van der Waals surface area contributed by atoms with Crippen LogP contribution in [0.25, 0.3) is 0 Å². The number of benzene rings is 1. The zero-order valence-electron chi connectivity index (χ0n) is 12.7. The summed E-state index contributed by atoms with van der Waals surface area (Å²) in [5.74, 6) is -2.88. The first kappa shape index (κ1) is 16.5. The maximum Gasteiger partial charge on any atom is 0.344 e. The molecule has 7 nitrogen and oxygen atoms in total. The van der Waals surface area contributed by atoms with E-state index in [1.54, 1.807) is 19.0 Å². The molecule has 0 unspecified atom stereocenters. The largest absolute Gasteiger partial charge is 0.451 e. The Morgan fingerprint density at radius 1 is 1.22 bits per heavy atom. The summed E-state index contributed by atoms with van der Waals surface area (Å²) in [6.07, 6.45) is -0.967. The second-order valence-corrected chi connectivity index (χ2v) is 4.89. The second-order valence-electron chi connectivity index (χ2n) is 4.89. The Bertz CT molecular complexity index is 719. The summed E-state index contributed by atoms with van der Waals surface area (Å²) in [7, 11) is 3.40. The van der Waals surface area contributed by atoms with Crippen molar-refractivity contribution >= 4 is 17.9 Å². The summed E-state index contributed by atoms with van der Waals surface area (Å²) in [6, 6.07) is 3.09. The van der Waals surface area contributed by atoms with Crippen LogP contribution in [0, 0.1) is 11.6 Å².